The summed E-state index contributed by atoms with van der Waals surface area (Å²) in [6.45, 7) is 4.89. The van der Waals surface area contributed by atoms with Gasteiger partial charge in [-0.1, -0.05) is 36.2 Å². The number of nitrogen functional groups attached to an aromatic ring is 1. The van der Waals surface area contributed by atoms with Crippen LogP contribution in [0.4, 0.5) is 5.69 Å². The normalized spacial score (nSPS) is 12.2. The van der Waals surface area contributed by atoms with Gasteiger partial charge in [-0.3, -0.25) is 4.79 Å². The number of nitrogens with one attached hydrogen (secondary N) is 1. The van der Waals surface area contributed by atoms with Gasteiger partial charge in [0.05, 0.1) is 5.56 Å². The molecule has 0 fully saturated rings. The Morgan fingerprint density at radius 1 is 1.56 bits per heavy atom. The van der Waals surface area contributed by atoms with Gasteiger partial charge in [0.2, 0.25) is 0 Å². The van der Waals surface area contributed by atoms with Crippen LogP contribution >= 0.6 is 15.9 Å². The molecular weight excluding hydrogens is 268 g/mol. The fourth-order valence-corrected chi connectivity index (χ4v) is 1.59. The molecule has 0 spiro atoms. The number of rotatable bonds is 4. The molecule has 1 rings (SSSR count). The summed E-state index contributed by atoms with van der Waals surface area (Å²) in [4.78, 5) is 11.8. The molecule has 16 heavy (non-hydrogen) atoms. The fraction of sp³-hybridized carbons (Fsp3) is 0.417. The van der Waals surface area contributed by atoms with Crippen molar-refractivity contribution in [3.05, 3.63) is 28.2 Å². The van der Waals surface area contributed by atoms with Gasteiger partial charge in [-0.2, -0.15) is 0 Å². The third-order valence-electron chi connectivity index (χ3n) is 2.57. The van der Waals surface area contributed by atoms with Crippen LogP contribution in [0.5, 0.6) is 0 Å². The average Bonchev–Trinajstić information content (AvgIpc) is 2.28. The molecule has 0 aliphatic carbocycles. The van der Waals surface area contributed by atoms with E-state index in [4.69, 9.17) is 5.73 Å². The van der Waals surface area contributed by atoms with Crippen LogP contribution in [0.3, 0.4) is 0 Å². The average molecular weight is 285 g/mol. The van der Waals surface area contributed by atoms with Crippen LogP contribution < -0.4 is 11.1 Å². The van der Waals surface area contributed by atoms with E-state index in [0.29, 0.717) is 23.7 Å². The summed E-state index contributed by atoms with van der Waals surface area (Å²) in [7, 11) is 0. The van der Waals surface area contributed by atoms with Crippen molar-refractivity contribution >= 4 is 27.5 Å². The Hall–Kier alpha value is -1.03. The lowest BCUT2D eigenvalue weighted by atomic mass is 10.1. The highest BCUT2D eigenvalue weighted by molar-refractivity contribution is 9.10. The van der Waals surface area contributed by atoms with E-state index in [0.717, 1.165) is 10.9 Å². The van der Waals surface area contributed by atoms with E-state index in [1.54, 1.807) is 12.1 Å². The molecule has 0 heterocycles. The van der Waals surface area contributed by atoms with E-state index in [-0.39, 0.29) is 5.91 Å². The molecule has 4 heteroatoms. The van der Waals surface area contributed by atoms with Gasteiger partial charge in [0.25, 0.3) is 5.91 Å². The minimum atomic E-state index is -0.112. The smallest absolute Gasteiger partial charge is 0.253 e. The number of carbonyl (C=O) groups is 1. The monoisotopic (exact) mass is 284 g/mol. The van der Waals surface area contributed by atoms with Gasteiger partial charge in [0.15, 0.2) is 0 Å². The maximum absolute atomic E-state index is 11.8. The van der Waals surface area contributed by atoms with Crippen molar-refractivity contribution in [3.8, 4) is 0 Å². The Labute approximate surface area is 105 Å². The molecule has 0 saturated carbocycles. The standard InChI is InChI=1S/C12H17BrN2O/c1-3-8(2)7-15-12(16)10-6-9(13)4-5-11(10)14/h4-6,8H,3,7,14H2,1-2H3,(H,15,16). The Morgan fingerprint density at radius 3 is 2.88 bits per heavy atom. The Balaban J connectivity index is 2.69. The van der Waals surface area contributed by atoms with Crippen molar-refractivity contribution in [1.82, 2.24) is 5.32 Å². The third kappa shape index (κ3) is 3.52. The maximum atomic E-state index is 11.8. The Morgan fingerprint density at radius 2 is 2.25 bits per heavy atom. The van der Waals surface area contributed by atoms with Crippen molar-refractivity contribution in [3.63, 3.8) is 0 Å². The summed E-state index contributed by atoms with van der Waals surface area (Å²) in [5, 5.41) is 2.88. The number of nitrogens with two attached hydrogens (primary N) is 1. The first-order valence-electron chi connectivity index (χ1n) is 5.37. The second-order valence-corrected chi connectivity index (χ2v) is 4.87. The highest BCUT2D eigenvalue weighted by Gasteiger charge is 2.10. The summed E-state index contributed by atoms with van der Waals surface area (Å²) in [6.07, 6.45) is 1.05. The summed E-state index contributed by atoms with van der Waals surface area (Å²) in [6, 6.07) is 5.28. The highest BCUT2D eigenvalue weighted by atomic mass is 79.9. The van der Waals surface area contributed by atoms with Gasteiger partial charge in [-0.05, 0) is 24.1 Å². The molecule has 1 aromatic carbocycles. The van der Waals surface area contributed by atoms with Crippen molar-refractivity contribution in [1.29, 1.82) is 0 Å². The molecule has 1 aromatic rings. The van der Waals surface area contributed by atoms with Crippen LogP contribution in [0.15, 0.2) is 22.7 Å². The lowest BCUT2D eigenvalue weighted by molar-refractivity contribution is 0.0948. The number of benzene rings is 1. The van der Waals surface area contributed by atoms with Crippen LogP contribution in [-0.2, 0) is 0 Å². The Kier molecular flexibility index (Phi) is 4.80. The molecule has 1 unspecified atom stereocenters. The first-order valence-corrected chi connectivity index (χ1v) is 6.17. The minimum absolute atomic E-state index is 0.112. The van der Waals surface area contributed by atoms with Crippen LogP contribution in [0.1, 0.15) is 30.6 Å². The molecule has 88 valence electrons. The number of hydrogen-bond acceptors (Lipinski definition) is 2. The van der Waals surface area contributed by atoms with Gasteiger partial charge < -0.3 is 11.1 Å². The third-order valence-corrected chi connectivity index (χ3v) is 3.06. The number of carbonyl (C=O) groups excluding carboxylic acids is 1. The Bertz CT molecular complexity index is 379. The van der Waals surface area contributed by atoms with Gasteiger partial charge in [0, 0.05) is 16.7 Å². The molecule has 3 N–H and O–H groups in total. The van der Waals surface area contributed by atoms with Crippen molar-refractivity contribution in [2.24, 2.45) is 5.92 Å². The van der Waals surface area contributed by atoms with Crippen molar-refractivity contribution in [2.45, 2.75) is 20.3 Å². The predicted octanol–water partition coefficient (Wildman–Crippen LogP) is 2.81. The van der Waals surface area contributed by atoms with Gasteiger partial charge in [-0.15, -0.1) is 0 Å². The van der Waals surface area contributed by atoms with Crippen LogP contribution in [-0.4, -0.2) is 12.5 Å². The zero-order chi connectivity index (χ0) is 12.1. The molecule has 0 aliphatic rings. The van der Waals surface area contributed by atoms with Crippen LogP contribution in [0, 0.1) is 5.92 Å². The second kappa shape index (κ2) is 5.89. The first-order chi connectivity index (χ1) is 7.54. The molecule has 0 bridgehead atoms. The SMILES string of the molecule is CCC(C)CNC(=O)c1cc(Br)ccc1N. The second-order valence-electron chi connectivity index (χ2n) is 3.96. The lowest BCUT2D eigenvalue weighted by Gasteiger charge is -2.11. The number of anilines is 1. The minimum Gasteiger partial charge on any atom is -0.398 e. The molecule has 0 aromatic heterocycles. The van der Waals surface area contributed by atoms with Crippen LogP contribution in [0.2, 0.25) is 0 Å². The fourth-order valence-electron chi connectivity index (χ4n) is 1.23. The van der Waals surface area contributed by atoms with E-state index in [1.807, 2.05) is 6.07 Å². The zero-order valence-electron chi connectivity index (χ0n) is 9.59. The van der Waals surface area contributed by atoms with Crippen molar-refractivity contribution < 1.29 is 4.79 Å². The largest absolute Gasteiger partial charge is 0.398 e. The highest BCUT2D eigenvalue weighted by Crippen LogP contribution is 2.18. The summed E-state index contributed by atoms with van der Waals surface area (Å²) < 4.78 is 0.857. The number of hydrogen-bond donors (Lipinski definition) is 2. The molecule has 0 radical (unpaired) electrons. The van der Waals surface area contributed by atoms with Crippen LogP contribution in [0.25, 0.3) is 0 Å². The van der Waals surface area contributed by atoms with Gasteiger partial charge >= 0.3 is 0 Å². The molecule has 3 nitrogen and oxygen atoms in total. The first kappa shape index (κ1) is 13.0. The summed E-state index contributed by atoms with van der Waals surface area (Å²) in [5.74, 6) is 0.372. The maximum Gasteiger partial charge on any atom is 0.253 e. The summed E-state index contributed by atoms with van der Waals surface area (Å²) >= 11 is 3.32. The lowest BCUT2D eigenvalue weighted by Crippen LogP contribution is -2.28. The van der Waals surface area contributed by atoms with E-state index in [2.05, 4.69) is 35.1 Å². The molecular formula is C12H17BrN2O. The predicted molar refractivity (Wildman–Crippen MR) is 70.3 cm³/mol. The van der Waals surface area contributed by atoms with E-state index >= 15 is 0 Å². The number of halogens is 1. The van der Waals surface area contributed by atoms with Crippen molar-refractivity contribution in [2.75, 3.05) is 12.3 Å². The molecule has 0 aliphatic heterocycles. The van der Waals surface area contributed by atoms with E-state index in [9.17, 15) is 4.79 Å². The summed E-state index contributed by atoms with van der Waals surface area (Å²) in [5.41, 5.74) is 6.78. The zero-order valence-corrected chi connectivity index (χ0v) is 11.2. The number of amides is 1. The van der Waals surface area contributed by atoms with Gasteiger partial charge in [-0.25, -0.2) is 0 Å². The van der Waals surface area contributed by atoms with E-state index < -0.39 is 0 Å². The molecule has 1 amide bonds. The van der Waals surface area contributed by atoms with E-state index in [1.165, 1.54) is 0 Å². The topological polar surface area (TPSA) is 55.1 Å². The molecule has 0 saturated heterocycles. The quantitative estimate of drug-likeness (QED) is 0.836. The molecule has 1 atom stereocenters. The van der Waals surface area contributed by atoms with Gasteiger partial charge in [0.1, 0.15) is 0 Å².